The van der Waals surface area contributed by atoms with Crippen LogP contribution in [-0.4, -0.2) is 44.7 Å². The van der Waals surface area contributed by atoms with Crippen molar-refractivity contribution in [3.05, 3.63) is 60.4 Å². The second-order valence-corrected chi connectivity index (χ2v) is 8.41. The Labute approximate surface area is 193 Å². The minimum absolute atomic E-state index is 0.102. The summed E-state index contributed by atoms with van der Waals surface area (Å²) >= 11 is 0. The molecule has 1 N–H and O–H groups in total. The molecule has 0 saturated heterocycles. The van der Waals surface area contributed by atoms with Gasteiger partial charge in [0, 0.05) is 30.4 Å². The Balaban J connectivity index is 1.40. The van der Waals surface area contributed by atoms with Crippen molar-refractivity contribution < 1.29 is 13.5 Å². The van der Waals surface area contributed by atoms with Crippen LogP contribution in [0.4, 0.5) is 31.9 Å². The predicted octanol–water partition coefficient (Wildman–Crippen LogP) is 4.81. The Morgan fingerprint density at radius 1 is 1.12 bits per heavy atom. The molecule has 0 atom stereocenters. The zero-order valence-electron chi connectivity index (χ0n) is 18.3. The number of hydrogen-bond donors (Lipinski definition) is 1. The van der Waals surface area contributed by atoms with Gasteiger partial charge >= 0.3 is 6.61 Å². The van der Waals surface area contributed by atoms with E-state index >= 15 is 0 Å². The van der Waals surface area contributed by atoms with E-state index in [0.717, 1.165) is 40.7 Å². The molecule has 1 saturated carbocycles. The number of aryl methyl sites for hydroxylation is 1. The first kappa shape index (κ1) is 20.5. The number of rotatable bonds is 6. The van der Waals surface area contributed by atoms with Gasteiger partial charge in [0.2, 0.25) is 5.95 Å². The summed E-state index contributed by atoms with van der Waals surface area (Å²) in [4.78, 5) is 16.1. The number of nitrogens with one attached hydrogen (secondary N) is 1. The maximum atomic E-state index is 12.6. The molecule has 2 aromatic heterocycles. The first-order valence-electron chi connectivity index (χ1n) is 11.0. The van der Waals surface area contributed by atoms with Gasteiger partial charge in [-0.05, 0) is 54.8 Å². The molecule has 1 aliphatic carbocycles. The minimum atomic E-state index is -2.87. The quantitative estimate of drug-likeness (QED) is 0.444. The van der Waals surface area contributed by atoms with Crippen LogP contribution in [-0.2, 0) is 7.05 Å². The third-order valence-corrected chi connectivity index (χ3v) is 5.81. The fourth-order valence-corrected chi connectivity index (χ4v) is 4.03. The van der Waals surface area contributed by atoms with Crippen LogP contribution in [0.2, 0.25) is 0 Å². The lowest BCUT2D eigenvalue weighted by molar-refractivity contribution is -0.0498. The average molecular weight is 461 g/mol. The zero-order valence-corrected chi connectivity index (χ0v) is 18.3. The van der Waals surface area contributed by atoms with Crippen LogP contribution in [0.1, 0.15) is 18.4 Å². The van der Waals surface area contributed by atoms with Crippen molar-refractivity contribution in [1.29, 1.82) is 0 Å². The van der Waals surface area contributed by atoms with Crippen LogP contribution in [0.15, 0.2) is 59.9 Å². The lowest BCUT2D eigenvalue weighted by Gasteiger charge is -2.29. The topological polar surface area (TPSA) is 80.5 Å². The molecule has 6 rings (SSSR count). The van der Waals surface area contributed by atoms with Crippen molar-refractivity contribution in [3.8, 4) is 5.75 Å². The van der Waals surface area contributed by atoms with Gasteiger partial charge < -0.3 is 15.0 Å². The fraction of sp³-hybridized carbons (Fsp3) is 0.250. The maximum Gasteiger partial charge on any atom is 0.387 e. The predicted molar refractivity (Wildman–Crippen MR) is 126 cm³/mol. The Hall–Kier alpha value is -4.08. The maximum absolute atomic E-state index is 12.6. The average Bonchev–Trinajstić information content (AvgIpc) is 3.55. The lowest BCUT2D eigenvalue weighted by atomic mass is 10.1. The molecule has 2 aromatic carbocycles. The van der Waals surface area contributed by atoms with Gasteiger partial charge in [-0.15, -0.1) is 0 Å². The van der Waals surface area contributed by atoms with Gasteiger partial charge in [0.1, 0.15) is 11.4 Å². The largest absolute Gasteiger partial charge is 0.435 e. The van der Waals surface area contributed by atoms with Crippen LogP contribution < -0.4 is 15.0 Å². The summed E-state index contributed by atoms with van der Waals surface area (Å²) < 4.78 is 31.5. The zero-order chi connectivity index (χ0) is 23.2. The van der Waals surface area contributed by atoms with Gasteiger partial charge in [-0.1, -0.05) is 6.07 Å². The Bertz CT molecular complexity index is 1400. The Morgan fingerprint density at radius 2 is 1.94 bits per heavy atom. The first-order chi connectivity index (χ1) is 16.5. The number of ether oxygens (including phenoxy) is 1. The summed E-state index contributed by atoms with van der Waals surface area (Å²) in [6.45, 7) is -2.42. The number of nitrogens with zero attached hydrogens (tertiary/aromatic N) is 6. The monoisotopic (exact) mass is 461 g/mol. The summed E-state index contributed by atoms with van der Waals surface area (Å²) in [7, 11) is 1.89. The van der Waals surface area contributed by atoms with E-state index < -0.39 is 6.61 Å². The van der Waals surface area contributed by atoms with Crippen molar-refractivity contribution in [1.82, 2.24) is 19.7 Å². The number of aliphatic imine (C=N–C) groups is 1. The third kappa shape index (κ3) is 4.02. The Kier molecular flexibility index (Phi) is 4.86. The van der Waals surface area contributed by atoms with Gasteiger partial charge in [0.05, 0.1) is 24.0 Å². The van der Waals surface area contributed by atoms with E-state index in [1.807, 2.05) is 30.3 Å². The van der Waals surface area contributed by atoms with Crippen molar-refractivity contribution in [3.63, 3.8) is 0 Å². The van der Waals surface area contributed by atoms with Crippen molar-refractivity contribution in [2.45, 2.75) is 25.5 Å². The first-order valence-corrected chi connectivity index (χ1v) is 11.0. The molecule has 0 unspecified atom stereocenters. The molecule has 1 aliphatic heterocycles. The highest BCUT2D eigenvalue weighted by Gasteiger charge is 2.27. The highest BCUT2D eigenvalue weighted by atomic mass is 19.3. The van der Waals surface area contributed by atoms with E-state index in [-0.39, 0.29) is 5.75 Å². The second-order valence-electron chi connectivity index (χ2n) is 8.41. The van der Waals surface area contributed by atoms with E-state index in [1.165, 1.54) is 12.1 Å². The number of fused-ring (bicyclic) bond motifs is 2. The summed E-state index contributed by atoms with van der Waals surface area (Å²) in [6, 6.07) is 13.0. The highest BCUT2D eigenvalue weighted by Crippen LogP contribution is 2.38. The minimum Gasteiger partial charge on any atom is -0.435 e. The molecular formula is C24H21F2N7O. The van der Waals surface area contributed by atoms with Crippen LogP contribution in [0.5, 0.6) is 5.75 Å². The van der Waals surface area contributed by atoms with Crippen molar-refractivity contribution in [2.24, 2.45) is 12.0 Å². The normalized spacial score (nSPS) is 15.4. The number of anilines is 3. The van der Waals surface area contributed by atoms with Crippen molar-refractivity contribution >= 4 is 39.8 Å². The van der Waals surface area contributed by atoms with Crippen LogP contribution >= 0.6 is 0 Å². The molecule has 1 fully saturated rings. The van der Waals surface area contributed by atoms with Crippen LogP contribution in [0.3, 0.4) is 0 Å². The molecule has 34 heavy (non-hydrogen) atoms. The number of aromatic nitrogens is 4. The van der Waals surface area contributed by atoms with E-state index in [2.05, 4.69) is 26.2 Å². The summed E-state index contributed by atoms with van der Waals surface area (Å²) in [6.07, 6.45) is 5.90. The smallest absolute Gasteiger partial charge is 0.387 e. The van der Waals surface area contributed by atoms with E-state index in [1.54, 1.807) is 23.0 Å². The van der Waals surface area contributed by atoms with Gasteiger partial charge in [-0.3, -0.25) is 4.68 Å². The lowest BCUT2D eigenvalue weighted by Crippen LogP contribution is -2.30. The van der Waals surface area contributed by atoms with E-state index in [4.69, 9.17) is 9.98 Å². The van der Waals surface area contributed by atoms with E-state index in [0.29, 0.717) is 30.0 Å². The molecule has 3 heterocycles. The molecule has 8 nitrogen and oxygen atoms in total. The molecule has 0 amide bonds. The summed E-state index contributed by atoms with van der Waals surface area (Å²) in [5.41, 5.74) is 4.15. The third-order valence-electron chi connectivity index (χ3n) is 5.81. The summed E-state index contributed by atoms with van der Waals surface area (Å²) in [5, 5.41) is 8.79. The van der Waals surface area contributed by atoms with E-state index in [9.17, 15) is 8.78 Å². The number of halogens is 2. The van der Waals surface area contributed by atoms with Crippen molar-refractivity contribution in [2.75, 3.05) is 16.8 Å². The molecule has 0 spiro atoms. The van der Waals surface area contributed by atoms with Gasteiger partial charge in [-0.25, -0.2) is 9.98 Å². The number of alkyl halides is 2. The molecule has 2 aliphatic rings. The Morgan fingerprint density at radius 3 is 2.71 bits per heavy atom. The van der Waals surface area contributed by atoms with Crippen LogP contribution in [0, 0.1) is 0 Å². The summed E-state index contributed by atoms with van der Waals surface area (Å²) in [5.74, 6) is 1.32. The number of benzene rings is 2. The molecule has 4 aromatic rings. The standard InChI is InChI=1S/C24H21F2N7O/c1-32-12-15-10-14(2-9-19(15)31-32)21-13-33(17-5-7-18(8-6-17)34-23(25)26)22-20(29-21)11-27-24(30-22)28-16-3-4-16/h2,5-12,16,23H,3-4,13H2,1H3,(H,27,28,30). The molecule has 0 radical (unpaired) electrons. The molecular weight excluding hydrogens is 440 g/mol. The van der Waals surface area contributed by atoms with Gasteiger partial charge in [-0.2, -0.15) is 18.9 Å². The molecule has 10 heteroatoms. The number of hydrogen-bond acceptors (Lipinski definition) is 7. The fourth-order valence-electron chi connectivity index (χ4n) is 4.03. The molecule has 0 bridgehead atoms. The van der Waals surface area contributed by atoms with Crippen LogP contribution in [0.25, 0.3) is 10.9 Å². The van der Waals surface area contributed by atoms with Gasteiger partial charge in [0.15, 0.2) is 5.82 Å². The highest BCUT2D eigenvalue weighted by molar-refractivity contribution is 6.09. The molecule has 172 valence electrons. The SMILES string of the molecule is Cn1cc2cc(C3=Nc4cnc(NC5CC5)nc4N(c4ccc(OC(F)F)cc4)C3)ccc2n1. The van der Waals surface area contributed by atoms with Gasteiger partial charge in [0.25, 0.3) is 0 Å². The second kappa shape index (κ2) is 8.05.